The zero-order valence-electron chi connectivity index (χ0n) is 18.4. The van der Waals surface area contributed by atoms with Gasteiger partial charge in [0.15, 0.2) is 0 Å². The number of carbonyl (C=O) groups excluding carboxylic acids is 1. The van der Waals surface area contributed by atoms with Crippen molar-refractivity contribution in [1.29, 1.82) is 0 Å². The second-order valence-electron chi connectivity index (χ2n) is 7.60. The van der Waals surface area contributed by atoms with Crippen molar-refractivity contribution < 1.29 is 27.8 Å². The molecule has 0 saturated carbocycles. The summed E-state index contributed by atoms with van der Waals surface area (Å²) < 4.78 is 36.2. The van der Waals surface area contributed by atoms with Crippen LogP contribution in [0, 0.1) is 0 Å². The molecule has 33 heavy (non-hydrogen) atoms. The number of fused-ring (bicyclic) bond motifs is 1. The maximum atomic E-state index is 11.5. The molecule has 0 radical (unpaired) electrons. The van der Waals surface area contributed by atoms with Gasteiger partial charge in [-0.2, -0.15) is 0 Å². The molecule has 0 bridgehead atoms. The van der Waals surface area contributed by atoms with Crippen LogP contribution in [0.25, 0.3) is 0 Å². The van der Waals surface area contributed by atoms with Crippen molar-refractivity contribution in [3.05, 3.63) is 48.0 Å². The van der Waals surface area contributed by atoms with Gasteiger partial charge in [0.05, 0.1) is 12.9 Å². The quantitative estimate of drug-likeness (QED) is 0.330. The van der Waals surface area contributed by atoms with Crippen LogP contribution in [0.4, 0.5) is 11.4 Å². The van der Waals surface area contributed by atoms with Gasteiger partial charge in [0, 0.05) is 29.9 Å². The van der Waals surface area contributed by atoms with Crippen LogP contribution < -0.4 is 24.8 Å². The first-order valence-electron chi connectivity index (χ1n) is 10.4. The molecule has 0 fully saturated rings. The predicted octanol–water partition coefficient (Wildman–Crippen LogP) is 2.16. The zero-order chi connectivity index (χ0) is 23.0. The van der Waals surface area contributed by atoms with Crippen LogP contribution in [0.15, 0.2) is 42.5 Å². The summed E-state index contributed by atoms with van der Waals surface area (Å²) in [4.78, 5) is 11.5. The molecule has 0 spiro atoms. The summed E-state index contributed by atoms with van der Waals surface area (Å²) in [6, 6.07) is 12.2. The van der Waals surface area contributed by atoms with Crippen LogP contribution in [0.3, 0.4) is 0 Å². The van der Waals surface area contributed by atoms with Crippen LogP contribution in [-0.2, 0) is 21.2 Å². The van der Waals surface area contributed by atoms with Crippen LogP contribution in [-0.4, -0.2) is 58.1 Å². The molecular formula is C22H30ClN3O6S. The Balaban J connectivity index is 0.00000385. The first-order valence-corrected chi connectivity index (χ1v) is 12.3. The fourth-order valence-electron chi connectivity index (χ4n) is 3.26. The summed E-state index contributed by atoms with van der Waals surface area (Å²) in [7, 11) is -3.29. The van der Waals surface area contributed by atoms with Gasteiger partial charge >= 0.3 is 0 Å². The average Bonchev–Trinajstić information content (AvgIpc) is 2.74. The highest BCUT2D eigenvalue weighted by Gasteiger charge is 2.18. The van der Waals surface area contributed by atoms with E-state index in [1.165, 1.54) is 0 Å². The monoisotopic (exact) mass is 499 g/mol. The Labute approximate surface area is 200 Å². The summed E-state index contributed by atoms with van der Waals surface area (Å²) in [5.74, 6) is 1.34. The van der Waals surface area contributed by atoms with Gasteiger partial charge in [-0.15, -0.1) is 12.4 Å². The lowest BCUT2D eigenvalue weighted by Gasteiger charge is -2.21. The predicted molar refractivity (Wildman–Crippen MR) is 130 cm³/mol. The summed E-state index contributed by atoms with van der Waals surface area (Å²) >= 11 is 0. The molecule has 1 aliphatic rings. The van der Waals surface area contributed by atoms with Gasteiger partial charge in [-0.3, -0.25) is 9.52 Å². The third-order valence-corrected chi connectivity index (χ3v) is 5.35. The number of halogens is 1. The minimum atomic E-state index is -3.29. The van der Waals surface area contributed by atoms with E-state index in [9.17, 15) is 18.3 Å². The third kappa shape index (κ3) is 9.09. The highest BCUT2D eigenvalue weighted by atomic mass is 35.5. The Hall–Kier alpha value is -2.53. The zero-order valence-corrected chi connectivity index (χ0v) is 20.0. The van der Waals surface area contributed by atoms with E-state index in [0.29, 0.717) is 49.7 Å². The van der Waals surface area contributed by atoms with E-state index in [0.717, 1.165) is 23.9 Å². The molecule has 182 valence electrons. The minimum absolute atomic E-state index is 0. The lowest BCUT2D eigenvalue weighted by Crippen LogP contribution is -2.32. The molecule has 3 rings (SSSR count). The molecule has 0 aromatic heterocycles. The molecule has 1 unspecified atom stereocenters. The van der Waals surface area contributed by atoms with Gasteiger partial charge in [0.25, 0.3) is 0 Å². The molecule has 4 N–H and O–H groups in total. The Bertz CT molecular complexity index is 1020. The number of anilines is 2. The number of sulfonamides is 1. The Kier molecular flexibility index (Phi) is 10.2. The molecule has 0 saturated heterocycles. The van der Waals surface area contributed by atoms with Crippen molar-refractivity contribution >= 4 is 39.7 Å². The summed E-state index contributed by atoms with van der Waals surface area (Å²) in [6.07, 6.45) is 2.23. The van der Waals surface area contributed by atoms with Crippen molar-refractivity contribution in [2.45, 2.75) is 25.4 Å². The molecule has 1 heterocycles. The van der Waals surface area contributed by atoms with Gasteiger partial charge < -0.3 is 25.2 Å². The van der Waals surface area contributed by atoms with Gasteiger partial charge in [0.1, 0.15) is 24.2 Å². The number of ether oxygens (including phenoxy) is 2. The van der Waals surface area contributed by atoms with Crippen molar-refractivity contribution in [3.63, 3.8) is 0 Å². The third-order valence-electron chi connectivity index (χ3n) is 4.74. The summed E-state index contributed by atoms with van der Waals surface area (Å²) in [5.41, 5.74) is 2.22. The topological polar surface area (TPSA) is 126 Å². The second-order valence-corrected chi connectivity index (χ2v) is 9.35. The number of aliphatic hydroxyl groups is 1. The molecule has 2 aromatic rings. The minimum Gasteiger partial charge on any atom is -0.494 e. The molecule has 2 aromatic carbocycles. The molecule has 1 amide bonds. The fourth-order valence-corrected chi connectivity index (χ4v) is 3.83. The maximum absolute atomic E-state index is 11.5. The van der Waals surface area contributed by atoms with Gasteiger partial charge in [-0.05, 0) is 55.8 Å². The largest absolute Gasteiger partial charge is 0.494 e. The molecule has 1 atom stereocenters. The Morgan fingerprint density at radius 2 is 1.88 bits per heavy atom. The summed E-state index contributed by atoms with van der Waals surface area (Å²) in [6.45, 7) is 1.69. The van der Waals surface area contributed by atoms with Crippen molar-refractivity contribution in [2.24, 2.45) is 0 Å². The number of aliphatic hydroxyl groups excluding tert-OH is 1. The van der Waals surface area contributed by atoms with Crippen LogP contribution in [0.5, 0.6) is 11.5 Å². The van der Waals surface area contributed by atoms with E-state index in [2.05, 4.69) is 15.4 Å². The average molecular weight is 500 g/mol. The first kappa shape index (κ1) is 26.7. The van der Waals surface area contributed by atoms with Gasteiger partial charge in [-0.25, -0.2) is 8.42 Å². The number of hydrogen-bond acceptors (Lipinski definition) is 7. The number of rotatable bonds is 12. The van der Waals surface area contributed by atoms with E-state index in [-0.39, 0.29) is 24.9 Å². The summed E-state index contributed by atoms with van der Waals surface area (Å²) in [5, 5.41) is 16.2. The van der Waals surface area contributed by atoms with Crippen LogP contribution in [0.2, 0.25) is 0 Å². The maximum Gasteiger partial charge on any atom is 0.229 e. The SMILES string of the molecule is CS(=O)(=O)Nc1ccc(OCCCNCC(O)COc2cccc3c2CCC(=O)N3)cc1.Cl. The number of nitrogens with one attached hydrogen (secondary N) is 3. The number of carbonyl (C=O) groups is 1. The number of amides is 1. The normalized spacial score (nSPS) is 13.8. The fraction of sp³-hybridized carbons (Fsp3) is 0.409. The number of hydrogen-bond donors (Lipinski definition) is 4. The van der Waals surface area contributed by atoms with Gasteiger partial charge in [0.2, 0.25) is 15.9 Å². The van der Waals surface area contributed by atoms with Crippen molar-refractivity contribution in [1.82, 2.24) is 5.32 Å². The molecule has 1 aliphatic heterocycles. The first-order chi connectivity index (χ1) is 15.3. The van der Waals surface area contributed by atoms with E-state index < -0.39 is 16.1 Å². The number of benzene rings is 2. The van der Waals surface area contributed by atoms with Crippen LogP contribution >= 0.6 is 12.4 Å². The Morgan fingerprint density at radius 1 is 1.12 bits per heavy atom. The van der Waals surface area contributed by atoms with Crippen molar-refractivity contribution in [2.75, 3.05) is 42.6 Å². The van der Waals surface area contributed by atoms with E-state index in [1.807, 2.05) is 18.2 Å². The smallest absolute Gasteiger partial charge is 0.229 e. The highest BCUT2D eigenvalue weighted by molar-refractivity contribution is 7.92. The Morgan fingerprint density at radius 3 is 2.61 bits per heavy atom. The van der Waals surface area contributed by atoms with Crippen molar-refractivity contribution in [3.8, 4) is 11.5 Å². The molecular weight excluding hydrogens is 470 g/mol. The highest BCUT2D eigenvalue weighted by Crippen LogP contribution is 2.31. The molecule has 11 heteroatoms. The standard InChI is InChI=1S/C22H29N3O6S.ClH/c1-32(28,29)25-16-6-8-18(9-7-16)30-13-3-12-23-14-17(26)15-31-21-5-2-4-20-19(21)10-11-22(27)24-20;/h2,4-9,17,23,25-26H,3,10-15H2,1H3,(H,24,27);1H. The molecule has 0 aliphatic carbocycles. The second kappa shape index (κ2) is 12.6. The van der Waals surface area contributed by atoms with E-state index in [4.69, 9.17) is 9.47 Å². The van der Waals surface area contributed by atoms with E-state index >= 15 is 0 Å². The lowest BCUT2D eigenvalue weighted by molar-refractivity contribution is -0.116. The van der Waals surface area contributed by atoms with Crippen LogP contribution in [0.1, 0.15) is 18.4 Å². The lowest BCUT2D eigenvalue weighted by atomic mass is 10.0. The molecule has 9 nitrogen and oxygen atoms in total. The van der Waals surface area contributed by atoms with E-state index in [1.54, 1.807) is 24.3 Å². The van der Waals surface area contributed by atoms with Gasteiger partial charge in [-0.1, -0.05) is 6.07 Å².